The minimum atomic E-state index is -0.869. The standard InChI is InChI=1S/C18H15F2N5/c1-24-11-25(10-14-3-2-6-22-23-14)17-8-13(9-21-18(17)24)12-4-5-15(19)16(20)7-12/h2-9H,10-11H2,1H3. The highest BCUT2D eigenvalue weighted by Crippen LogP contribution is 2.37. The lowest BCUT2D eigenvalue weighted by atomic mass is 10.1. The van der Waals surface area contributed by atoms with E-state index in [4.69, 9.17) is 0 Å². The van der Waals surface area contributed by atoms with Gasteiger partial charge >= 0.3 is 0 Å². The average molecular weight is 339 g/mol. The van der Waals surface area contributed by atoms with E-state index in [1.54, 1.807) is 18.5 Å². The maximum atomic E-state index is 13.5. The summed E-state index contributed by atoms with van der Waals surface area (Å²) in [6.07, 6.45) is 3.31. The molecule has 0 N–H and O–H groups in total. The number of pyridine rings is 1. The summed E-state index contributed by atoms with van der Waals surface area (Å²) in [4.78, 5) is 8.64. The highest BCUT2D eigenvalue weighted by atomic mass is 19.2. The van der Waals surface area contributed by atoms with Gasteiger partial charge in [-0.1, -0.05) is 6.07 Å². The van der Waals surface area contributed by atoms with Crippen molar-refractivity contribution in [1.82, 2.24) is 15.2 Å². The van der Waals surface area contributed by atoms with Crippen molar-refractivity contribution in [3.63, 3.8) is 0 Å². The van der Waals surface area contributed by atoms with E-state index in [0.717, 1.165) is 28.8 Å². The van der Waals surface area contributed by atoms with Crippen LogP contribution in [0.3, 0.4) is 0 Å². The van der Waals surface area contributed by atoms with Crippen LogP contribution < -0.4 is 9.80 Å². The van der Waals surface area contributed by atoms with Gasteiger partial charge in [0.25, 0.3) is 0 Å². The van der Waals surface area contributed by atoms with Crippen LogP contribution in [0.4, 0.5) is 20.3 Å². The normalized spacial score (nSPS) is 13.2. The third kappa shape index (κ3) is 2.88. The van der Waals surface area contributed by atoms with E-state index in [-0.39, 0.29) is 0 Å². The summed E-state index contributed by atoms with van der Waals surface area (Å²) in [5, 5.41) is 8.02. The summed E-state index contributed by atoms with van der Waals surface area (Å²) in [5.74, 6) is -0.886. The Bertz CT molecular complexity index is 917. The van der Waals surface area contributed by atoms with Crippen molar-refractivity contribution in [1.29, 1.82) is 0 Å². The fraction of sp³-hybridized carbons (Fsp3) is 0.167. The number of aromatic nitrogens is 3. The van der Waals surface area contributed by atoms with Gasteiger partial charge in [-0.2, -0.15) is 10.2 Å². The van der Waals surface area contributed by atoms with Gasteiger partial charge < -0.3 is 9.80 Å². The number of hydrogen-bond acceptors (Lipinski definition) is 5. The molecule has 1 aliphatic rings. The van der Waals surface area contributed by atoms with Gasteiger partial charge in [0.1, 0.15) is 0 Å². The summed E-state index contributed by atoms with van der Waals surface area (Å²) in [6.45, 7) is 1.26. The van der Waals surface area contributed by atoms with Crippen molar-refractivity contribution in [2.75, 3.05) is 23.5 Å². The molecular formula is C18H15F2N5. The Morgan fingerprint density at radius 2 is 1.96 bits per heavy atom. The number of fused-ring (bicyclic) bond motifs is 1. The van der Waals surface area contributed by atoms with Gasteiger partial charge in [0.2, 0.25) is 0 Å². The lowest BCUT2D eigenvalue weighted by Crippen LogP contribution is -2.28. The van der Waals surface area contributed by atoms with Crippen molar-refractivity contribution in [2.45, 2.75) is 6.54 Å². The van der Waals surface area contributed by atoms with Crippen LogP contribution in [0.2, 0.25) is 0 Å². The summed E-state index contributed by atoms with van der Waals surface area (Å²) < 4.78 is 26.7. The van der Waals surface area contributed by atoms with Gasteiger partial charge in [0.05, 0.1) is 24.6 Å². The molecule has 1 aromatic carbocycles. The predicted octanol–water partition coefficient (Wildman–Crippen LogP) is 3.23. The number of benzene rings is 1. The molecule has 1 aliphatic heterocycles. The number of nitrogens with zero attached hydrogens (tertiary/aromatic N) is 5. The summed E-state index contributed by atoms with van der Waals surface area (Å²) in [5.41, 5.74) is 3.10. The van der Waals surface area contributed by atoms with Crippen molar-refractivity contribution >= 4 is 11.5 Å². The number of hydrogen-bond donors (Lipinski definition) is 0. The Labute approximate surface area is 143 Å². The monoisotopic (exact) mass is 339 g/mol. The second-order valence-electron chi connectivity index (χ2n) is 5.95. The fourth-order valence-electron chi connectivity index (χ4n) is 2.95. The van der Waals surface area contributed by atoms with Crippen LogP contribution in [0.15, 0.2) is 48.8 Å². The molecule has 3 heterocycles. The Balaban J connectivity index is 1.70. The van der Waals surface area contributed by atoms with Crippen LogP contribution in [-0.2, 0) is 6.54 Å². The van der Waals surface area contributed by atoms with Gasteiger partial charge in [0.15, 0.2) is 17.5 Å². The second kappa shape index (κ2) is 6.08. The minimum absolute atomic E-state index is 0.586. The maximum absolute atomic E-state index is 13.5. The molecule has 5 nitrogen and oxygen atoms in total. The molecule has 0 spiro atoms. The van der Waals surface area contributed by atoms with Crippen LogP contribution in [-0.4, -0.2) is 28.9 Å². The first kappa shape index (κ1) is 15.4. The smallest absolute Gasteiger partial charge is 0.159 e. The van der Waals surface area contributed by atoms with Gasteiger partial charge in [-0.15, -0.1) is 0 Å². The van der Waals surface area contributed by atoms with E-state index in [2.05, 4.69) is 20.1 Å². The number of rotatable bonds is 3. The van der Waals surface area contributed by atoms with E-state index in [9.17, 15) is 8.78 Å². The highest BCUT2D eigenvalue weighted by Gasteiger charge is 2.25. The molecule has 0 bridgehead atoms. The summed E-state index contributed by atoms with van der Waals surface area (Å²) in [6, 6.07) is 9.56. The van der Waals surface area contributed by atoms with Gasteiger partial charge in [-0.3, -0.25) is 0 Å². The van der Waals surface area contributed by atoms with Crippen LogP contribution in [0.5, 0.6) is 0 Å². The van der Waals surface area contributed by atoms with E-state index in [0.29, 0.717) is 18.8 Å². The molecule has 0 saturated heterocycles. The van der Waals surface area contributed by atoms with Crippen molar-refractivity contribution < 1.29 is 8.78 Å². The average Bonchev–Trinajstić information content (AvgIpc) is 2.93. The zero-order valence-corrected chi connectivity index (χ0v) is 13.5. The molecule has 0 unspecified atom stereocenters. The number of halogens is 2. The van der Waals surface area contributed by atoms with Crippen LogP contribution >= 0.6 is 0 Å². The Hall–Kier alpha value is -3.09. The molecular weight excluding hydrogens is 324 g/mol. The van der Waals surface area contributed by atoms with E-state index < -0.39 is 11.6 Å². The highest BCUT2D eigenvalue weighted by molar-refractivity contribution is 5.78. The van der Waals surface area contributed by atoms with Gasteiger partial charge in [0, 0.05) is 25.0 Å². The van der Waals surface area contributed by atoms with E-state index in [1.165, 1.54) is 6.07 Å². The van der Waals surface area contributed by atoms with Crippen molar-refractivity contribution in [3.8, 4) is 11.1 Å². The minimum Gasteiger partial charge on any atom is -0.345 e. The summed E-state index contributed by atoms with van der Waals surface area (Å²) >= 11 is 0. The molecule has 0 amide bonds. The number of anilines is 2. The third-order valence-electron chi connectivity index (χ3n) is 4.17. The lowest BCUT2D eigenvalue weighted by Gasteiger charge is -2.18. The quantitative estimate of drug-likeness (QED) is 0.733. The molecule has 3 aromatic rings. The maximum Gasteiger partial charge on any atom is 0.159 e. The molecule has 2 aromatic heterocycles. The van der Waals surface area contributed by atoms with Crippen LogP contribution in [0.25, 0.3) is 11.1 Å². The first-order chi connectivity index (χ1) is 12.1. The summed E-state index contributed by atoms with van der Waals surface area (Å²) in [7, 11) is 1.96. The van der Waals surface area contributed by atoms with Crippen LogP contribution in [0.1, 0.15) is 5.69 Å². The van der Waals surface area contributed by atoms with E-state index >= 15 is 0 Å². The first-order valence-electron chi connectivity index (χ1n) is 7.80. The molecule has 126 valence electrons. The molecule has 0 atom stereocenters. The molecule has 0 radical (unpaired) electrons. The Morgan fingerprint density at radius 1 is 1.08 bits per heavy atom. The second-order valence-corrected chi connectivity index (χ2v) is 5.95. The molecule has 4 rings (SSSR count). The van der Waals surface area contributed by atoms with Gasteiger partial charge in [-0.25, -0.2) is 13.8 Å². The Morgan fingerprint density at radius 3 is 2.72 bits per heavy atom. The van der Waals surface area contributed by atoms with E-state index in [1.807, 2.05) is 30.1 Å². The first-order valence-corrected chi connectivity index (χ1v) is 7.80. The SMILES string of the molecule is CN1CN(Cc2cccnn2)c2cc(-c3ccc(F)c(F)c3)cnc21. The fourth-order valence-corrected chi connectivity index (χ4v) is 2.95. The van der Waals surface area contributed by atoms with Crippen LogP contribution in [0, 0.1) is 11.6 Å². The third-order valence-corrected chi connectivity index (χ3v) is 4.17. The largest absolute Gasteiger partial charge is 0.345 e. The molecule has 0 fully saturated rings. The predicted molar refractivity (Wildman–Crippen MR) is 91.1 cm³/mol. The van der Waals surface area contributed by atoms with Crippen molar-refractivity contribution in [3.05, 3.63) is 66.1 Å². The lowest BCUT2D eigenvalue weighted by molar-refractivity contribution is 0.509. The topological polar surface area (TPSA) is 45.2 Å². The molecule has 7 heteroatoms. The molecule has 25 heavy (non-hydrogen) atoms. The van der Waals surface area contributed by atoms with Crippen molar-refractivity contribution in [2.24, 2.45) is 0 Å². The Kier molecular flexibility index (Phi) is 3.76. The zero-order chi connectivity index (χ0) is 17.4. The molecule has 0 saturated carbocycles. The zero-order valence-electron chi connectivity index (χ0n) is 13.5. The van der Waals surface area contributed by atoms with Gasteiger partial charge in [-0.05, 0) is 35.9 Å². The molecule has 0 aliphatic carbocycles.